The molecule has 3 rings (SSSR count). The van der Waals surface area contributed by atoms with E-state index in [-0.39, 0.29) is 119 Å². The van der Waals surface area contributed by atoms with E-state index >= 15 is 0 Å². The van der Waals surface area contributed by atoms with Gasteiger partial charge in [0.15, 0.2) is 5.43 Å². The second kappa shape index (κ2) is 13.7. The van der Waals surface area contributed by atoms with Crippen LogP contribution in [0.3, 0.4) is 0 Å². The van der Waals surface area contributed by atoms with E-state index in [1.807, 2.05) is 48.5 Å². The van der Waals surface area contributed by atoms with Crippen molar-refractivity contribution in [2.75, 3.05) is 0 Å². The van der Waals surface area contributed by atoms with Gasteiger partial charge in [-0.25, -0.2) is 4.57 Å². The Labute approximate surface area is 233 Å². The molecule has 0 unspecified atom stereocenters. The maximum atomic E-state index is 11.9. The van der Waals surface area contributed by atoms with Crippen molar-refractivity contribution in [3.05, 3.63) is 70.9 Å². The maximum absolute atomic E-state index is 11.9. The summed E-state index contributed by atoms with van der Waals surface area (Å²) in [5.41, 5.74) is 1.53. The first-order valence-corrected chi connectivity index (χ1v) is 7.78. The Morgan fingerprint density at radius 1 is 0.800 bits per heavy atom. The summed E-state index contributed by atoms with van der Waals surface area (Å²) in [6, 6.07) is 18.4. The number of para-hydroxylation sites is 1. The molecular weight excluding hydrogens is 427 g/mol. The van der Waals surface area contributed by atoms with Crippen LogP contribution in [-0.2, 0) is 4.57 Å². The van der Waals surface area contributed by atoms with Crippen molar-refractivity contribution < 1.29 is 23.7 Å². The zero-order valence-electron chi connectivity index (χ0n) is 11.3. The average Bonchev–Trinajstić information content (AvgIpc) is 2.46. The van der Waals surface area contributed by atoms with Gasteiger partial charge in [-0.15, -0.1) is 0 Å². The molecule has 0 aliphatic carbocycles. The van der Waals surface area contributed by atoms with Crippen molar-refractivity contribution in [2.24, 2.45) is 0 Å². The van der Waals surface area contributed by atoms with Gasteiger partial charge in [0.2, 0.25) is 0 Å². The van der Waals surface area contributed by atoms with Gasteiger partial charge in [-0.1, -0.05) is 42.5 Å². The quantitative estimate of drug-likeness (QED) is 0.353. The molecule has 0 radical (unpaired) electrons. The minimum atomic E-state index is -4.64. The summed E-state index contributed by atoms with van der Waals surface area (Å²) in [6.07, 6.45) is 0. The number of hydrogen-bond donors (Lipinski definition) is 3. The van der Waals surface area contributed by atoms with Crippen LogP contribution in [0.25, 0.3) is 22.3 Å². The van der Waals surface area contributed by atoms with E-state index in [2.05, 4.69) is 0 Å². The molecule has 3 aromatic rings. The summed E-state index contributed by atoms with van der Waals surface area (Å²) in [5, 5.41) is 0.618. The predicted molar refractivity (Wildman–Crippen MR) is 108 cm³/mol. The molecule has 25 heavy (non-hydrogen) atoms. The molecule has 1 aromatic heterocycles. The van der Waals surface area contributed by atoms with Gasteiger partial charge < -0.3 is 19.1 Å². The molecule has 0 fully saturated rings. The molecule has 0 atom stereocenters. The molecule has 1 heterocycles. The summed E-state index contributed by atoms with van der Waals surface area (Å²) in [4.78, 5) is 33.5. The Hall–Kier alpha value is 1.54. The second-order valence-electron chi connectivity index (χ2n) is 4.35. The fourth-order valence-corrected chi connectivity index (χ4v) is 1.85. The van der Waals surface area contributed by atoms with Crippen LogP contribution in [0.1, 0.15) is 0 Å². The minimum absolute atomic E-state index is 0. The SMILES string of the molecule is O=P(O)(O)O.O=c1cc(-c2ccccc2)oc2ccccc12.[CaH2].[CaH2].[CaH2]. The summed E-state index contributed by atoms with van der Waals surface area (Å²) in [5.74, 6) is 0.606. The van der Waals surface area contributed by atoms with E-state index in [4.69, 9.17) is 23.7 Å². The Kier molecular flexibility index (Phi) is 15.7. The van der Waals surface area contributed by atoms with E-state index in [0.717, 1.165) is 5.56 Å². The molecule has 0 saturated heterocycles. The Morgan fingerprint density at radius 2 is 1.28 bits per heavy atom. The normalized spacial score (nSPS) is 9.56. The summed E-state index contributed by atoms with van der Waals surface area (Å²) < 4.78 is 14.6. The third-order valence-corrected chi connectivity index (χ3v) is 2.69. The van der Waals surface area contributed by atoms with Gasteiger partial charge in [0.05, 0.1) is 5.39 Å². The van der Waals surface area contributed by atoms with Gasteiger partial charge in [0.1, 0.15) is 11.3 Å². The van der Waals surface area contributed by atoms with Crippen molar-refractivity contribution in [2.45, 2.75) is 0 Å². The van der Waals surface area contributed by atoms with E-state index in [1.165, 1.54) is 6.07 Å². The van der Waals surface area contributed by atoms with Crippen molar-refractivity contribution in [3.63, 3.8) is 0 Å². The van der Waals surface area contributed by atoms with Crippen LogP contribution >= 0.6 is 7.82 Å². The predicted octanol–water partition coefficient (Wildman–Crippen LogP) is -0.217. The van der Waals surface area contributed by atoms with Crippen LogP contribution in [0.15, 0.2) is 69.9 Å². The van der Waals surface area contributed by atoms with Crippen molar-refractivity contribution >= 4 is 132 Å². The number of hydrogen-bond acceptors (Lipinski definition) is 3. The van der Waals surface area contributed by atoms with E-state index in [1.54, 1.807) is 6.07 Å². The molecule has 0 aliphatic rings. The average molecular weight is 447 g/mol. The number of rotatable bonds is 1. The number of phosphoric acid groups is 1. The van der Waals surface area contributed by atoms with Crippen molar-refractivity contribution in [1.29, 1.82) is 0 Å². The zero-order chi connectivity index (χ0) is 16.2. The Balaban J connectivity index is 0. The van der Waals surface area contributed by atoms with Gasteiger partial charge in [0.25, 0.3) is 0 Å². The second-order valence-corrected chi connectivity index (χ2v) is 5.38. The molecule has 0 bridgehead atoms. The van der Waals surface area contributed by atoms with Crippen LogP contribution < -0.4 is 5.43 Å². The van der Waals surface area contributed by atoms with Crippen LogP contribution in [0.4, 0.5) is 0 Å². The van der Waals surface area contributed by atoms with Gasteiger partial charge in [0, 0.05) is 11.6 Å². The third kappa shape index (κ3) is 10.6. The molecule has 10 heteroatoms. The van der Waals surface area contributed by atoms with Gasteiger partial charge in [-0.05, 0) is 12.1 Å². The molecule has 3 N–H and O–H groups in total. The van der Waals surface area contributed by atoms with Crippen molar-refractivity contribution in [1.82, 2.24) is 0 Å². The molecule has 2 aromatic carbocycles. The van der Waals surface area contributed by atoms with Gasteiger partial charge in [-0.3, -0.25) is 4.79 Å². The van der Waals surface area contributed by atoms with Crippen LogP contribution in [0.5, 0.6) is 0 Å². The Bertz CT molecular complexity index is 871. The summed E-state index contributed by atoms with van der Waals surface area (Å²) in [7, 11) is -4.64. The molecule has 6 nitrogen and oxygen atoms in total. The van der Waals surface area contributed by atoms with E-state index in [9.17, 15) is 4.79 Å². The molecule has 0 amide bonds. The Morgan fingerprint density at radius 3 is 1.84 bits per heavy atom. The fraction of sp³-hybridized carbons (Fsp3) is 0. The molecule has 0 saturated carbocycles. The van der Waals surface area contributed by atoms with Gasteiger partial charge >= 0.3 is 121 Å². The topological polar surface area (TPSA) is 108 Å². The first-order valence-electron chi connectivity index (χ1n) is 6.21. The van der Waals surface area contributed by atoms with Crippen LogP contribution in [-0.4, -0.2) is 128 Å². The monoisotopic (exact) mass is 446 g/mol. The molecule has 0 aliphatic heterocycles. The first kappa shape index (κ1) is 28.7. The molecule has 126 valence electrons. The number of benzene rings is 2. The third-order valence-electron chi connectivity index (χ3n) is 2.69. The molecule has 0 spiro atoms. The molecular formula is C15H19Ca3O6P. The number of fused-ring (bicyclic) bond motifs is 1. The van der Waals surface area contributed by atoms with Crippen LogP contribution in [0.2, 0.25) is 0 Å². The summed E-state index contributed by atoms with van der Waals surface area (Å²) in [6.45, 7) is 0. The van der Waals surface area contributed by atoms with Crippen LogP contribution in [0, 0.1) is 0 Å². The fourth-order valence-electron chi connectivity index (χ4n) is 1.85. The standard InChI is InChI=1S/C15H10O2.3Ca.H3O4P.6H/c16-13-10-15(11-6-2-1-3-7-11)17-14-9-5-4-8-12(13)14;;;;1-5(2,3)4;;;;;;/h1-10H;;;;(H3,1,2,3,4);;;;;;. The van der Waals surface area contributed by atoms with E-state index in [0.29, 0.717) is 16.7 Å². The van der Waals surface area contributed by atoms with Crippen molar-refractivity contribution in [3.8, 4) is 11.3 Å². The first-order chi connectivity index (χ1) is 10.3. The summed E-state index contributed by atoms with van der Waals surface area (Å²) >= 11 is 0. The van der Waals surface area contributed by atoms with E-state index < -0.39 is 7.82 Å². The zero-order valence-corrected chi connectivity index (χ0v) is 12.2. The van der Waals surface area contributed by atoms with Gasteiger partial charge in [-0.2, -0.15) is 0 Å².